The van der Waals surface area contributed by atoms with Crippen molar-refractivity contribution in [3.05, 3.63) is 47.0 Å². The summed E-state index contributed by atoms with van der Waals surface area (Å²) < 4.78 is 0. The fourth-order valence-corrected chi connectivity index (χ4v) is 1.88. The fourth-order valence-electron chi connectivity index (χ4n) is 1.88. The van der Waals surface area contributed by atoms with Crippen LogP contribution in [0.15, 0.2) is 24.5 Å². The molecule has 0 fully saturated rings. The molecule has 5 nitrogen and oxygen atoms in total. The van der Waals surface area contributed by atoms with Crippen LogP contribution in [0.3, 0.4) is 0 Å². The number of H-pyrrole nitrogens is 1. The normalized spacial score (nSPS) is 12.2. The van der Waals surface area contributed by atoms with Crippen LogP contribution in [0.2, 0.25) is 0 Å². The van der Waals surface area contributed by atoms with Crippen LogP contribution >= 0.6 is 0 Å². The number of carbonyl (C=O) groups is 1. The van der Waals surface area contributed by atoms with Crippen molar-refractivity contribution in [3.8, 4) is 0 Å². The Labute approximate surface area is 106 Å². The molecule has 1 aromatic heterocycles. The Morgan fingerprint density at radius 2 is 1.94 bits per heavy atom. The molecule has 1 unspecified atom stereocenters. The number of nitrogens with zero attached hydrogens (tertiary/aromatic N) is 2. The van der Waals surface area contributed by atoms with E-state index >= 15 is 0 Å². The maximum Gasteiger partial charge on any atom is 0.251 e. The summed E-state index contributed by atoms with van der Waals surface area (Å²) in [5.74, 6) is 0.540. The van der Waals surface area contributed by atoms with Crippen molar-refractivity contribution in [2.24, 2.45) is 0 Å². The van der Waals surface area contributed by atoms with Gasteiger partial charge in [0.05, 0.1) is 6.04 Å². The molecule has 2 rings (SSSR count). The van der Waals surface area contributed by atoms with Crippen LogP contribution in [0.25, 0.3) is 0 Å². The second kappa shape index (κ2) is 5.00. The van der Waals surface area contributed by atoms with E-state index in [1.807, 2.05) is 39.0 Å². The molecule has 2 aromatic rings. The molecular weight excluding hydrogens is 228 g/mol. The second-order valence-corrected chi connectivity index (χ2v) is 4.44. The number of aromatic amines is 1. The molecule has 0 radical (unpaired) electrons. The molecule has 2 N–H and O–H groups in total. The molecule has 1 heterocycles. The predicted octanol–water partition coefficient (Wildman–Crippen LogP) is 1.91. The van der Waals surface area contributed by atoms with Gasteiger partial charge in [0.25, 0.3) is 5.91 Å². The SMILES string of the molecule is Cc1cc(C)cc(C(=O)NC(C)c2ncn[nH]2)c1. The van der Waals surface area contributed by atoms with Crippen LogP contribution in [-0.2, 0) is 0 Å². The van der Waals surface area contributed by atoms with Crippen LogP contribution in [0.4, 0.5) is 0 Å². The molecule has 94 valence electrons. The molecule has 0 aliphatic heterocycles. The van der Waals surface area contributed by atoms with E-state index in [1.54, 1.807) is 0 Å². The topological polar surface area (TPSA) is 70.7 Å². The highest BCUT2D eigenvalue weighted by molar-refractivity contribution is 5.94. The monoisotopic (exact) mass is 244 g/mol. The van der Waals surface area contributed by atoms with Crippen LogP contribution < -0.4 is 5.32 Å². The molecule has 0 bridgehead atoms. The van der Waals surface area contributed by atoms with Crippen molar-refractivity contribution < 1.29 is 4.79 Å². The van der Waals surface area contributed by atoms with Crippen LogP contribution in [0.5, 0.6) is 0 Å². The molecule has 0 saturated heterocycles. The summed E-state index contributed by atoms with van der Waals surface area (Å²) in [7, 11) is 0. The number of hydrogen-bond donors (Lipinski definition) is 2. The van der Waals surface area contributed by atoms with Gasteiger partial charge in [-0.2, -0.15) is 5.10 Å². The van der Waals surface area contributed by atoms with Crippen LogP contribution in [0.1, 0.15) is 40.3 Å². The van der Waals surface area contributed by atoms with Crippen molar-refractivity contribution in [2.45, 2.75) is 26.8 Å². The van der Waals surface area contributed by atoms with Gasteiger partial charge in [0.2, 0.25) is 0 Å². The summed E-state index contributed by atoms with van der Waals surface area (Å²) in [4.78, 5) is 16.1. The Kier molecular flexibility index (Phi) is 3.41. The average Bonchev–Trinajstić information content (AvgIpc) is 2.80. The zero-order chi connectivity index (χ0) is 13.1. The zero-order valence-corrected chi connectivity index (χ0v) is 10.7. The quantitative estimate of drug-likeness (QED) is 0.866. The van der Waals surface area contributed by atoms with E-state index in [2.05, 4.69) is 20.5 Å². The minimum atomic E-state index is -0.194. The van der Waals surface area contributed by atoms with Crippen molar-refractivity contribution in [1.29, 1.82) is 0 Å². The highest BCUT2D eigenvalue weighted by atomic mass is 16.1. The summed E-state index contributed by atoms with van der Waals surface area (Å²) in [5.41, 5.74) is 2.82. The van der Waals surface area contributed by atoms with E-state index in [-0.39, 0.29) is 11.9 Å². The zero-order valence-electron chi connectivity index (χ0n) is 10.7. The van der Waals surface area contributed by atoms with Gasteiger partial charge >= 0.3 is 0 Å². The Morgan fingerprint density at radius 1 is 1.28 bits per heavy atom. The van der Waals surface area contributed by atoms with Crippen molar-refractivity contribution in [3.63, 3.8) is 0 Å². The molecule has 1 aromatic carbocycles. The van der Waals surface area contributed by atoms with E-state index in [0.29, 0.717) is 11.4 Å². The molecule has 5 heteroatoms. The number of rotatable bonds is 3. The first kappa shape index (κ1) is 12.3. The third-order valence-corrected chi connectivity index (χ3v) is 2.68. The lowest BCUT2D eigenvalue weighted by molar-refractivity contribution is 0.0938. The van der Waals surface area contributed by atoms with Gasteiger partial charge in [0, 0.05) is 5.56 Å². The van der Waals surface area contributed by atoms with Gasteiger partial charge in [-0.3, -0.25) is 9.89 Å². The van der Waals surface area contributed by atoms with Gasteiger partial charge in [-0.1, -0.05) is 17.2 Å². The summed E-state index contributed by atoms with van der Waals surface area (Å²) in [6.07, 6.45) is 1.43. The van der Waals surface area contributed by atoms with E-state index in [0.717, 1.165) is 11.1 Å². The van der Waals surface area contributed by atoms with Crippen LogP contribution in [-0.4, -0.2) is 21.1 Å². The number of aryl methyl sites for hydroxylation is 2. The van der Waals surface area contributed by atoms with Gasteiger partial charge in [0.15, 0.2) is 0 Å². The highest BCUT2D eigenvalue weighted by Crippen LogP contribution is 2.11. The molecule has 0 saturated carbocycles. The highest BCUT2D eigenvalue weighted by Gasteiger charge is 2.13. The molecule has 0 aliphatic carbocycles. The standard InChI is InChI=1S/C13H16N4O/c1-8-4-9(2)6-11(5-8)13(18)16-10(3)12-14-7-15-17-12/h4-7,10H,1-3H3,(H,16,18)(H,14,15,17). The van der Waals surface area contributed by atoms with Gasteiger partial charge in [-0.25, -0.2) is 4.98 Å². The largest absolute Gasteiger partial charge is 0.342 e. The lowest BCUT2D eigenvalue weighted by atomic mass is 10.1. The number of hydrogen-bond acceptors (Lipinski definition) is 3. The van der Waals surface area contributed by atoms with Crippen molar-refractivity contribution in [2.75, 3.05) is 0 Å². The first-order valence-corrected chi connectivity index (χ1v) is 5.80. The first-order valence-electron chi connectivity index (χ1n) is 5.80. The van der Waals surface area contributed by atoms with Crippen molar-refractivity contribution in [1.82, 2.24) is 20.5 Å². The number of amides is 1. The van der Waals surface area contributed by atoms with Crippen molar-refractivity contribution >= 4 is 5.91 Å². The second-order valence-electron chi connectivity index (χ2n) is 4.44. The third kappa shape index (κ3) is 2.74. The third-order valence-electron chi connectivity index (χ3n) is 2.68. The maximum absolute atomic E-state index is 12.1. The number of carbonyl (C=O) groups excluding carboxylic acids is 1. The number of benzene rings is 1. The average molecular weight is 244 g/mol. The lowest BCUT2D eigenvalue weighted by Gasteiger charge is -2.11. The molecule has 18 heavy (non-hydrogen) atoms. The van der Waals surface area contributed by atoms with Gasteiger partial charge in [0.1, 0.15) is 12.2 Å². The van der Waals surface area contributed by atoms with Crippen LogP contribution in [0, 0.1) is 13.8 Å². The Morgan fingerprint density at radius 3 is 2.50 bits per heavy atom. The van der Waals surface area contributed by atoms with Gasteiger partial charge in [-0.05, 0) is 32.9 Å². The fraction of sp³-hybridized carbons (Fsp3) is 0.308. The summed E-state index contributed by atoms with van der Waals surface area (Å²) in [6, 6.07) is 5.59. The molecule has 1 amide bonds. The number of nitrogens with one attached hydrogen (secondary N) is 2. The summed E-state index contributed by atoms with van der Waals surface area (Å²) in [5, 5.41) is 9.39. The Hall–Kier alpha value is -2.17. The first-order chi connectivity index (χ1) is 8.56. The Bertz CT molecular complexity index is 528. The molecule has 0 aliphatic rings. The summed E-state index contributed by atoms with van der Waals surface area (Å²) in [6.45, 7) is 5.81. The lowest BCUT2D eigenvalue weighted by Crippen LogP contribution is -2.27. The number of aromatic nitrogens is 3. The van der Waals surface area contributed by atoms with E-state index < -0.39 is 0 Å². The predicted molar refractivity (Wildman–Crippen MR) is 68.2 cm³/mol. The molecular formula is C13H16N4O. The van der Waals surface area contributed by atoms with E-state index in [9.17, 15) is 4.79 Å². The van der Waals surface area contributed by atoms with E-state index in [1.165, 1.54) is 6.33 Å². The summed E-state index contributed by atoms with van der Waals surface area (Å²) >= 11 is 0. The van der Waals surface area contributed by atoms with E-state index in [4.69, 9.17) is 0 Å². The molecule has 0 spiro atoms. The minimum Gasteiger partial charge on any atom is -0.342 e. The van der Waals surface area contributed by atoms with Gasteiger partial charge in [-0.15, -0.1) is 0 Å². The minimum absolute atomic E-state index is 0.106. The molecule has 1 atom stereocenters. The Balaban J connectivity index is 2.12. The maximum atomic E-state index is 12.1. The van der Waals surface area contributed by atoms with Gasteiger partial charge < -0.3 is 5.32 Å². The smallest absolute Gasteiger partial charge is 0.251 e.